The van der Waals surface area contributed by atoms with E-state index in [1.54, 1.807) is 0 Å². The van der Waals surface area contributed by atoms with E-state index in [2.05, 4.69) is 13.0 Å². The van der Waals surface area contributed by atoms with E-state index in [9.17, 15) is 0 Å². The summed E-state index contributed by atoms with van der Waals surface area (Å²) >= 11 is 0. The minimum absolute atomic E-state index is 0.915. The molecule has 1 fully saturated rings. The van der Waals surface area contributed by atoms with E-state index in [1.807, 2.05) is 5.57 Å². The van der Waals surface area contributed by atoms with E-state index in [4.69, 9.17) is 0 Å². The van der Waals surface area contributed by atoms with E-state index >= 15 is 0 Å². The van der Waals surface area contributed by atoms with Crippen molar-refractivity contribution in [3.63, 3.8) is 0 Å². The van der Waals surface area contributed by atoms with Crippen LogP contribution in [0.3, 0.4) is 0 Å². The smallest absolute Gasteiger partial charge is 0.0201 e. The SMILES string of the molecule is CC1CCC=C1C1CCCC1. The van der Waals surface area contributed by atoms with Crippen molar-refractivity contribution < 1.29 is 0 Å². The first-order valence-corrected chi connectivity index (χ1v) is 5.08. The largest absolute Gasteiger partial charge is 0.0848 e. The predicted octanol–water partition coefficient (Wildman–Crippen LogP) is 3.53. The summed E-state index contributed by atoms with van der Waals surface area (Å²) in [5.41, 5.74) is 1.81. The Morgan fingerprint density at radius 1 is 1.18 bits per heavy atom. The highest BCUT2D eigenvalue weighted by Gasteiger charge is 2.25. The summed E-state index contributed by atoms with van der Waals surface area (Å²) in [5, 5.41) is 0. The molecule has 62 valence electrons. The Balaban J connectivity index is 2.02. The molecule has 0 radical (unpaired) electrons. The molecule has 0 heterocycles. The van der Waals surface area contributed by atoms with Crippen molar-refractivity contribution in [1.82, 2.24) is 0 Å². The number of allylic oxidation sites excluding steroid dienone is 2. The highest BCUT2D eigenvalue weighted by Crippen LogP contribution is 2.39. The maximum Gasteiger partial charge on any atom is -0.0201 e. The standard InChI is InChI=1S/C11H18/c1-9-5-4-8-11(9)10-6-2-3-7-10/h8-10H,2-7H2,1H3. The lowest BCUT2D eigenvalue weighted by Crippen LogP contribution is -2.03. The first-order valence-electron chi connectivity index (χ1n) is 5.08. The molecule has 0 amide bonds. The molecule has 1 saturated carbocycles. The summed E-state index contributed by atoms with van der Waals surface area (Å²) in [6.45, 7) is 2.40. The molecule has 0 aromatic carbocycles. The number of hydrogen-bond donors (Lipinski definition) is 0. The first-order chi connectivity index (χ1) is 5.38. The van der Waals surface area contributed by atoms with Crippen molar-refractivity contribution in [2.45, 2.75) is 45.4 Å². The second-order valence-electron chi connectivity index (χ2n) is 4.16. The molecule has 0 heteroatoms. The van der Waals surface area contributed by atoms with Gasteiger partial charge in [0.05, 0.1) is 0 Å². The van der Waals surface area contributed by atoms with Crippen LogP contribution >= 0.6 is 0 Å². The first kappa shape index (κ1) is 7.39. The van der Waals surface area contributed by atoms with Gasteiger partial charge in [0.2, 0.25) is 0 Å². The second-order valence-corrected chi connectivity index (χ2v) is 4.16. The molecule has 0 spiro atoms. The Bertz CT molecular complexity index is 161. The molecule has 0 aliphatic heterocycles. The van der Waals surface area contributed by atoms with E-state index in [0.717, 1.165) is 11.8 Å². The van der Waals surface area contributed by atoms with Gasteiger partial charge >= 0.3 is 0 Å². The summed E-state index contributed by atoms with van der Waals surface area (Å²) in [4.78, 5) is 0. The van der Waals surface area contributed by atoms with E-state index in [0.29, 0.717) is 0 Å². The van der Waals surface area contributed by atoms with Crippen LogP contribution < -0.4 is 0 Å². The third-order valence-electron chi connectivity index (χ3n) is 3.38. The van der Waals surface area contributed by atoms with Crippen molar-refractivity contribution in [1.29, 1.82) is 0 Å². The van der Waals surface area contributed by atoms with Crippen LogP contribution in [0.5, 0.6) is 0 Å². The molecular formula is C11H18. The molecule has 2 aliphatic carbocycles. The van der Waals surface area contributed by atoms with E-state index in [1.165, 1.54) is 38.5 Å². The summed E-state index contributed by atoms with van der Waals surface area (Å²) in [6.07, 6.45) is 11.2. The van der Waals surface area contributed by atoms with Crippen LogP contribution in [0.15, 0.2) is 11.6 Å². The number of hydrogen-bond acceptors (Lipinski definition) is 0. The van der Waals surface area contributed by atoms with Gasteiger partial charge in [-0.25, -0.2) is 0 Å². The number of rotatable bonds is 1. The zero-order valence-corrected chi connectivity index (χ0v) is 7.47. The fourth-order valence-electron chi connectivity index (χ4n) is 2.70. The van der Waals surface area contributed by atoms with Crippen molar-refractivity contribution in [3.05, 3.63) is 11.6 Å². The maximum atomic E-state index is 2.51. The van der Waals surface area contributed by atoms with Gasteiger partial charge < -0.3 is 0 Å². The minimum atomic E-state index is 0.915. The fraction of sp³-hybridized carbons (Fsp3) is 0.818. The van der Waals surface area contributed by atoms with Gasteiger partial charge in [0.15, 0.2) is 0 Å². The molecule has 1 unspecified atom stereocenters. The average molecular weight is 150 g/mol. The van der Waals surface area contributed by atoms with Gasteiger partial charge in [0.25, 0.3) is 0 Å². The summed E-state index contributed by atoms with van der Waals surface area (Å²) in [7, 11) is 0. The maximum absolute atomic E-state index is 2.51. The summed E-state index contributed by atoms with van der Waals surface area (Å²) in [6, 6.07) is 0. The predicted molar refractivity (Wildman–Crippen MR) is 48.4 cm³/mol. The molecule has 11 heavy (non-hydrogen) atoms. The molecule has 2 rings (SSSR count). The Hall–Kier alpha value is -0.260. The zero-order valence-electron chi connectivity index (χ0n) is 7.47. The lowest BCUT2D eigenvalue weighted by molar-refractivity contribution is 0.542. The van der Waals surface area contributed by atoms with Crippen molar-refractivity contribution in [2.75, 3.05) is 0 Å². The van der Waals surface area contributed by atoms with E-state index < -0.39 is 0 Å². The molecular weight excluding hydrogens is 132 g/mol. The van der Waals surface area contributed by atoms with Crippen molar-refractivity contribution >= 4 is 0 Å². The van der Waals surface area contributed by atoms with Crippen LogP contribution in [0.4, 0.5) is 0 Å². The van der Waals surface area contributed by atoms with Gasteiger partial charge in [-0.15, -0.1) is 0 Å². The van der Waals surface area contributed by atoms with Crippen molar-refractivity contribution in [3.8, 4) is 0 Å². The van der Waals surface area contributed by atoms with Gasteiger partial charge in [-0.05, 0) is 37.5 Å². The molecule has 0 N–H and O–H groups in total. The Kier molecular flexibility index (Phi) is 2.02. The molecule has 0 aromatic heterocycles. The van der Waals surface area contributed by atoms with Crippen molar-refractivity contribution in [2.24, 2.45) is 11.8 Å². The zero-order chi connectivity index (χ0) is 7.68. The highest BCUT2D eigenvalue weighted by molar-refractivity contribution is 5.16. The second kappa shape index (κ2) is 3.00. The van der Waals surface area contributed by atoms with Crippen LogP contribution in [-0.4, -0.2) is 0 Å². The molecule has 0 aromatic rings. The average Bonchev–Trinajstić information content (AvgIpc) is 2.55. The fourth-order valence-corrected chi connectivity index (χ4v) is 2.70. The molecule has 0 saturated heterocycles. The van der Waals surface area contributed by atoms with Crippen LogP contribution in [0.25, 0.3) is 0 Å². The summed E-state index contributed by atoms with van der Waals surface area (Å²) < 4.78 is 0. The lowest BCUT2D eigenvalue weighted by Gasteiger charge is -2.15. The topological polar surface area (TPSA) is 0 Å². The monoisotopic (exact) mass is 150 g/mol. The van der Waals surface area contributed by atoms with Gasteiger partial charge in [0, 0.05) is 0 Å². The van der Waals surface area contributed by atoms with Gasteiger partial charge in [-0.3, -0.25) is 0 Å². The molecule has 2 aliphatic rings. The molecule has 0 nitrogen and oxygen atoms in total. The Morgan fingerprint density at radius 3 is 2.45 bits per heavy atom. The normalized spacial score (nSPS) is 32.8. The van der Waals surface area contributed by atoms with Crippen LogP contribution in [0.1, 0.15) is 45.4 Å². The van der Waals surface area contributed by atoms with Crippen LogP contribution in [0.2, 0.25) is 0 Å². The lowest BCUT2D eigenvalue weighted by atomic mass is 9.90. The summed E-state index contributed by atoms with van der Waals surface area (Å²) in [5.74, 6) is 1.91. The van der Waals surface area contributed by atoms with Gasteiger partial charge in [-0.2, -0.15) is 0 Å². The minimum Gasteiger partial charge on any atom is -0.0848 e. The molecule has 1 atom stereocenters. The van der Waals surface area contributed by atoms with Gasteiger partial charge in [-0.1, -0.05) is 31.4 Å². The quantitative estimate of drug-likeness (QED) is 0.502. The third kappa shape index (κ3) is 1.36. The van der Waals surface area contributed by atoms with E-state index in [-0.39, 0.29) is 0 Å². The molecule has 0 bridgehead atoms. The third-order valence-corrected chi connectivity index (χ3v) is 3.38. The van der Waals surface area contributed by atoms with Crippen LogP contribution in [0, 0.1) is 11.8 Å². The van der Waals surface area contributed by atoms with Gasteiger partial charge in [0.1, 0.15) is 0 Å². The Labute approximate surface area is 69.7 Å². The Morgan fingerprint density at radius 2 is 1.91 bits per heavy atom. The van der Waals surface area contributed by atoms with Crippen LogP contribution in [-0.2, 0) is 0 Å². The highest BCUT2D eigenvalue weighted by atomic mass is 14.3.